The Morgan fingerprint density at radius 2 is 1.58 bits per heavy atom. The highest BCUT2D eigenvalue weighted by molar-refractivity contribution is 7.91. The van der Waals surface area contributed by atoms with Crippen LogP contribution in [-0.2, 0) is 24.7 Å². The summed E-state index contributed by atoms with van der Waals surface area (Å²) in [5.41, 5.74) is 1.26. The molecule has 0 aromatic heterocycles. The van der Waals surface area contributed by atoms with Crippen LogP contribution in [0.3, 0.4) is 0 Å². The molecule has 8 nitrogen and oxygen atoms in total. The Bertz CT molecular complexity index is 1140. The van der Waals surface area contributed by atoms with Crippen molar-refractivity contribution in [3.8, 4) is 0 Å². The maximum absolute atomic E-state index is 12.9. The summed E-state index contributed by atoms with van der Waals surface area (Å²) in [5.74, 6) is -0.828. The van der Waals surface area contributed by atoms with E-state index in [1.165, 1.54) is 28.6 Å². The summed E-state index contributed by atoms with van der Waals surface area (Å²) in [4.78, 5) is 14.6. The molecule has 3 rings (SSSR count). The number of amides is 1. The van der Waals surface area contributed by atoms with Crippen LogP contribution in [0.15, 0.2) is 58.3 Å². The molecule has 0 radical (unpaired) electrons. The summed E-state index contributed by atoms with van der Waals surface area (Å²) < 4.78 is 52.0. The molecule has 1 heterocycles. The molecule has 31 heavy (non-hydrogen) atoms. The highest BCUT2D eigenvalue weighted by Gasteiger charge is 2.27. The number of hydrogen-bond donors (Lipinski definition) is 1. The lowest BCUT2D eigenvalue weighted by atomic mass is 10.2. The molecule has 168 valence electrons. The van der Waals surface area contributed by atoms with Crippen molar-refractivity contribution >= 4 is 31.5 Å². The first-order chi connectivity index (χ1) is 14.6. The number of nitrogens with zero attached hydrogens (tertiary/aromatic N) is 2. The van der Waals surface area contributed by atoms with Gasteiger partial charge in [-0.25, -0.2) is 16.8 Å². The number of carbonyl (C=O) groups is 1. The summed E-state index contributed by atoms with van der Waals surface area (Å²) >= 11 is 0. The van der Waals surface area contributed by atoms with Gasteiger partial charge in [0.25, 0.3) is 0 Å². The van der Waals surface area contributed by atoms with Crippen molar-refractivity contribution in [3.63, 3.8) is 0 Å². The van der Waals surface area contributed by atoms with Crippen molar-refractivity contribution in [3.05, 3.63) is 54.1 Å². The average molecular weight is 466 g/mol. The molecule has 0 aliphatic carbocycles. The Hall–Kier alpha value is -2.27. The van der Waals surface area contributed by atoms with E-state index in [4.69, 9.17) is 0 Å². The van der Waals surface area contributed by atoms with Crippen LogP contribution in [0.25, 0.3) is 0 Å². The molecule has 0 spiro atoms. The number of rotatable bonds is 7. The van der Waals surface area contributed by atoms with Crippen LogP contribution in [0.4, 0.5) is 5.69 Å². The van der Waals surface area contributed by atoms with Gasteiger partial charge >= 0.3 is 0 Å². The van der Waals surface area contributed by atoms with Gasteiger partial charge < -0.3 is 10.2 Å². The number of anilines is 1. The lowest BCUT2D eigenvalue weighted by Gasteiger charge is -2.31. The Balaban J connectivity index is 1.64. The Morgan fingerprint density at radius 3 is 2.23 bits per heavy atom. The number of likely N-dealkylation sites (N-methyl/N-ethyl adjacent to an activating group) is 1. The number of sulfonamides is 1. The molecular weight excluding hydrogens is 438 g/mol. The van der Waals surface area contributed by atoms with Gasteiger partial charge in [-0.2, -0.15) is 4.31 Å². The maximum atomic E-state index is 12.9. The van der Waals surface area contributed by atoms with Crippen molar-refractivity contribution in [2.24, 2.45) is 0 Å². The van der Waals surface area contributed by atoms with E-state index in [9.17, 15) is 21.6 Å². The normalized spacial score (nSPS) is 16.2. The van der Waals surface area contributed by atoms with Gasteiger partial charge in [-0.1, -0.05) is 23.8 Å². The van der Waals surface area contributed by atoms with E-state index in [0.29, 0.717) is 31.9 Å². The van der Waals surface area contributed by atoms with Crippen molar-refractivity contribution in [1.29, 1.82) is 0 Å². The number of aryl methyl sites for hydroxylation is 1. The molecule has 1 amide bonds. The van der Waals surface area contributed by atoms with E-state index < -0.39 is 25.8 Å². The predicted molar refractivity (Wildman–Crippen MR) is 119 cm³/mol. The van der Waals surface area contributed by atoms with Gasteiger partial charge in [0.1, 0.15) is 0 Å². The molecule has 1 N–H and O–H groups in total. The van der Waals surface area contributed by atoms with Crippen LogP contribution in [0.5, 0.6) is 0 Å². The summed E-state index contributed by atoms with van der Waals surface area (Å²) in [6, 6.07) is 12.5. The monoisotopic (exact) mass is 465 g/mol. The zero-order chi connectivity index (χ0) is 22.6. The summed E-state index contributed by atoms with van der Waals surface area (Å²) in [7, 11) is -5.30. The highest BCUT2D eigenvalue weighted by Crippen LogP contribution is 2.21. The minimum absolute atomic E-state index is 0.0992. The average Bonchev–Trinajstić information content (AvgIpc) is 2.73. The number of hydrogen-bond acceptors (Lipinski definition) is 6. The van der Waals surface area contributed by atoms with Crippen molar-refractivity contribution < 1.29 is 21.6 Å². The van der Waals surface area contributed by atoms with E-state index in [0.717, 1.165) is 5.56 Å². The Kier molecular flexibility index (Phi) is 7.15. The molecule has 1 fully saturated rings. The number of nitrogens with one attached hydrogen (secondary N) is 1. The first-order valence-corrected chi connectivity index (χ1v) is 13.1. The summed E-state index contributed by atoms with van der Waals surface area (Å²) in [5, 5.41) is 2.60. The summed E-state index contributed by atoms with van der Waals surface area (Å²) in [6.45, 7) is 4.00. The van der Waals surface area contributed by atoms with Crippen LogP contribution in [-0.4, -0.2) is 70.9 Å². The number of piperazine rings is 1. The smallest absolute Gasteiger partial charge is 0.243 e. The molecule has 0 unspecified atom stereocenters. The van der Waals surface area contributed by atoms with Gasteiger partial charge in [-0.15, -0.1) is 0 Å². The topological polar surface area (TPSA) is 104 Å². The molecule has 0 atom stereocenters. The third-order valence-electron chi connectivity index (χ3n) is 5.20. The minimum atomic E-state index is -3.66. The van der Waals surface area contributed by atoms with Gasteiger partial charge in [0.2, 0.25) is 15.9 Å². The quantitative estimate of drug-likeness (QED) is 0.668. The lowest BCUT2D eigenvalue weighted by molar-refractivity contribution is -0.115. The van der Waals surface area contributed by atoms with Gasteiger partial charge in [0.15, 0.2) is 9.84 Å². The fraction of sp³-hybridized carbons (Fsp3) is 0.381. The Morgan fingerprint density at radius 1 is 0.935 bits per heavy atom. The molecule has 0 saturated carbocycles. The minimum Gasteiger partial charge on any atom is -0.326 e. The lowest BCUT2D eigenvalue weighted by Crippen LogP contribution is -2.47. The Labute approximate surface area is 183 Å². The second-order valence-electron chi connectivity index (χ2n) is 7.67. The fourth-order valence-corrected chi connectivity index (χ4v) is 5.94. The van der Waals surface area contributed by atoms with E-state index in [-0.39, 0.29) is 22.0 Å². The second-order valence-corrected chi connectivity index (χ2v) is 11.7. The molecule has 1 aliphatic heterocycles. The SMILES string of the molecule is Cc1ccc(S(=O)(=O)CCC(=O)Nc2cccc(S(=O)(=O)N3CCN(C)CC3)c2)cc1. The van der Waals surface area contributed by atoms with Gasteiger partial charge in [-0.3, -0.25) is 4.79 Å². The highest BCUT2D eigenvalue weighted by atomic mass is 32.2. The largest absolute Gasteiger partial charge is 0.326 e. The van der Waals surface area contributed by atoms with Crippen LogP contribution < -0.4 is 5.32 Å². The van der Waals surface area contributed by atoms with Crippen molar-refractivity contribution in [2.75, 3.05) is 44.3 Å². The van der Waals surface area contributed by atoms with E-state index >= 15 is 0 Å². The van der Waals surface area contributed by atoms with E-state index in [1.807, 2.05) is 14.0 Å². The van der Waals surface area contributed by atoms with Crippen LogP contribution in [0.2, 0.25) is 0 Å². The second kappa shape index (κ2) is 9.47. The zero-order valence-electron chi connectivity index (χ0n) is 17.6. The predicted octanol–water partition coefficient (Wildman–Crippen LogP) is 1.73. The number of sulfone groups is 1. The van der Waals surface area contributed by atoms with Gasteiger partial charge in [0, 0.05) is 38.3 Å². The molecular formula is C21H27N3O5S2. The van der Waals surface area contributed by atoms with Crippen LogP contribution >= 0.6 is 0 Å². The van der Waals surface area contributed by atoms with Crippen molar-refractivity contribution in [1.82, 2.24) is 9.21 Å². The fourth-order valence-electron chi connectivity index (χ4n) is 3.23. The molecule has 1 aliphatic rings. The van der Waals surface area contributed by atoms with Gasteiger partial charge in [-0.05, 0) is 44.3 Å². The number of carbonyl (C=O) groups excluding carboxylic acids is 1. The van der Waals surface area contributed by atoms with Gasteiger partial charge in [0.05, 0.1) is 15.5 Å². The summed E-state index contributed by atoms with van der Waals surface area (Å²) in [6.07, 6.45) is -0.231. The third kappa shape index (κ3) is 5.91. The molecule has 0 bridgehead atoms. The molecule has 10 heteroatoms. The first kappa shape index (κ1) is 23.4. The molecule has 2 aromatic rings. The first-order valence-electron chi connectivity index (χ1n) is 9.96. The van der Waals surface area contributed by atoms with Crippen LogP contribution in [0.1, 0.15) is 12.0 Å². The zero-order valence-corrected chi connectivity index (χ0v) is 19.2. The van der Waals surface area contributed by atoms with E-state index in [1.54, 1.807) is 24.3 Å². The maximum Gasteiger partial charge on any atom is 0.243 e. The van der Waals surface area contributed by atoms with Crippen molar-refractivity contribution in [2.45, 2.75) is 23.1 Å². The molecule has 1 saturated heterocycles. The van der Waals surface area contributed by atoms with Crippen LogP contribution in [0, 0.1) is 6.92 Å². The number of benzene rings is 2. The third-order valence-corrected chi connectivity index (χ3v) is 8.82. The standard InChI is InChI=1S/C21H27N3O5S2/c1-17-6-8-19(9-7-17)30(26,27)15-10-21(25)22-18-4-3-5-20(16-18)31(28,29)24-13-11-23(2)12-14-24/h3-9,16H,10-15H2,1-2H3,(H,22,25). The van der Waals surface area contributed by atoms with E-state index in [2.05, 4.69) is 10.2 Å². The molecule has 2 aromatic carbocycles.